The van der Waals surface area contributed by atoms with Crippen LogP contribution in [0.5, 0.6) is 5.75 Å². The van der Waals surface area contributed by atoms with Crippen molar-refractivity contribution in [2.45, 2.75) is 38.3 Å². The number of halogens is 1. The molecular weight excluding hydrogens is 306 g/mol. The molecule has 1 aromatic carbocycles. The van der Waals surface area contributed by atoms with Gasteiger partial charge >= 0.3 is 0 Å². The third-order valence-electron chi connectivity index (χ3n) is 3.82. The first kappa shape index (κ1) is 14.8. The maximum absolute atomic E-state index is 9.03. The highest BCUT2D eigenvalue weighted by Crippen LogP contribution is 2.29. The van der Waals surface area contributed by atoms with Crippen LogP contribution in [0.3, 0.4) is 0 Å². The van der Waals surface area contributed by atoms with E-state index in [-0.39, 0.29) is 6.61 Å². The van der Waals surface area contributed by atoms with Gasteiger partial charge in [0.2, 0.25) is 0 Å². The van der Waals surface area contributed by atoms with E-state index in [1.54, 1.807) is 7.11 Å². The van der Waals surface area contributed by atoms with Crippen molar-refractivity contribution < 1.29 is 9.84 Å². The summed E-state index contributed by atoms with van der Waals surface area (Å²) in [5.74, 6) is 0.897. The third kappa shape index (κ3) is 3.94. The van der Waals surface area contributed by atoms with Crippen LogP contribution in [-0.4, -0.2) is 36.3 Å². The number of hydrogen-bond acceptors (Lipinski definition) is 3. The van der Waals surface area contributed by atoms with Gasteiger partial charge < -0.3 is 9.84 Å². The maximum Gasteiger partial charge on any atom is 0.119 e. The second kappa shape index (κ2) is 7.27. The molecule has 0 radical (unpaired) electrons. The van der Waals surface area contributed by atoms with Gasteiger partial charge in [-0.15, -0.1) is 0 Å². The predicted molar refractivity (Wildman–Crippen MR) is 80.4 cm³/mol. The number of aliphatic hydroxyl groups is 1. The summed E-state index contributed by atoms with van der Waals surface area (Å²) in [4.78, 5) is 2.49. The van der Waals surface area contributed by atoms with Crippen LogP contribution < -0.4 is 4.74 Å². The Morgan fingerprint density at radius 2 is 2.21 bits per heavy atom. The monoisotopic (exact) mass is 327 g/mol. The normalized spacial score (nSPS) is 15.6. The summed E-state index contributed by atoms with van der Waals surface area (Å²) in [5, 5.41) is 9.03. The first-order chi connectivity index (χ1) is 9.24. The second-order valence-corrected chi connectivity index (χ2v) is 5.94. The highest BCUT2D eigenvalue weighted by molar-refractivity contribution is 9.10. The van der Waals surface area contributed by atoms with Gasteiger partial charge in [0.25, 0.3) is 0 Å². The van der Waals surface area contributed by atoms with Crippen molar-refractivity contribution in [1.29, 1.82) is 0 Å². The Morgan fingerprint density at radius 3 is 2.79 bits per heavy atom. The first-order valence-electron chi connectivity index (χ1n) is 6.92. The van der Waals surface area contributed by atoms with Gasteiger partial charge in [0.05, 0.1) is 7.11 Å². The number of ether oxygens (including phenoxy) is 1. The molecule has 2 rings (SSSR count). The Bertz CT molecular complexity index is 407. The molecule has 1 aliphatic carbocycles. The fraction of sp³-hybridized carbons (Fsp3) is 0.600. The van der Waals surface area contributed by atoms with Gasteiger partial charge in [-0.2, -0.15) is 0 Å². The lowest BCUT2D eigenvalue weighted by atomic mass is 9.91. The molecule has 0 aliphatic heterocycles. The highest BCUT2D eigenvalue weighted by atomic mass is 79.9. The van der Waals surface area contributed by atoms with E-state index in [0.29, 0.717) is 6.04 Å². The summed E-state index contributed by atoms with van der Waals surface area (Å²) >= 11 is 3.61. The SMILES string of the molecule is COc1ccc(Br)c(CN(CCCO)C2CCC2)c1. The Kier molecular flexibility index (Phi) is 5.67. The average molecular weight is 328 g/mol. The van der Waals surface area contributed by atoms with Gasteiger partial charge in [-0.05, 0) is 43.0 Å². The van der Waals surface area contributed by atoms with Crippen LogP contribution in [0.25, 0.3) is 0 Å². The Morgan fingerprint density at radius 1 is 1.42 bits per heavy atom. The molecule has 0 aromatic heterocycles. The molecule has 1 aliphatic rings. The number of rotatable bonds is 7. The van der Waals surface area contributed by atoms with Crippen molar-refractivity contribution in [2.75, 3.05) is 20.3 Å². The number of nitrogens with zero attached hydrogens (tertiary/aromatic N) is 1. The number of hydrogen-bond donors (Lipinski definition) is 1. The van der Waals surface area contributed by atoms with Crippen LogP contribution in [-0.2, 0) is 6.54 Å². The standard InChI is InChI=1S/C15H22BrNO2/c1-19-14-6-7-15(16)12(10-14)11-17(8-3-9-18)13-4-2-5-13/h6-7,10,13,18H,2-5,8-9,11H2,1H3. The van der Waals surface area contributed by atoms with Gasteiger partial charge in [0, 0.05) is 30.2 Å². The van der Waals surface area contributed by atoms with Crippen molar-refractivity contribution in [1.82, 2.24) is 4.90 Å². The highest BCUT2D eigenvalue weighted by Gasteiger charge is 2.25. The quantitative estimate of drug-likeness (QED) is 0.834. The summed E-state index contributed by atoms with van der Waals surface area (Å²) in [6, 6.07) is 6.78. The molecule has 1 saturated carbocycles. The molecule has 0 unspecified atom stereocenters. The summed E-state index contributed by atoms with van der Waals surface area (Å²) in [5.41, 5.74) is 1.25. The average Bonchev–Trinajstić information content (AvgIpc) is 2.36. The van der Waals surface area contributed by atoms with Gasteiger partial charge in [-0.1, -0.05) is 22.4 Å². The summed E-state index contributed by atoms with van der Waals surface area (Å²) < 4.78 is 6.42. The van der Waals surface area contributed by atoms with Gasteiger partial charge in [-0.25, -0.2) is 0 Å². The van der Waals surface area contributed by atoms with E-state index in [1.165, 1.54) is 24.8 Å². The summed E-state index contributed by atoms with van der Waals surface area (Å²) in [7, 11) is 1.70. The molecule has 0 heterocycles. The zero-order valence-corrected chi connectivity index (χ0v) is 13.0. The molecular formula is C15H22BrNO2. The zero-order chi connectivity index (χ0) is 13.7. The van der Waals surface area contributed by atoms with Gasteiger partial charge in [-0.3, -0.25) is 4.90 Å². The molecule has 19 heavy (non-hydrogen) atoms. The maximum atomic E-state index is 9.03. The predicted octanol–water partition coefficient (Wildman–Crippen LogP) is 3.19. The molecule has 106 valence electrons. The van der Waals surface area contributed by atoms with Crippen LogP contribution in [0, 0.1) is 0 Å². The number of benzene rings is 1. The van der Waals surface area contributed by atoms with Crippen LogP contribution in [0.4, 0.5) is 0 Å². The number of methoxy groups -OCH3 is 1. The fourth-order valence-electron chi connectivity index (χ4n) is 2.43. The summed E-state index contributed by atoms with van der Waals surface area (Å²) in [6.07, 6.45) is 4.75. The van der Waals surface area contributed by atoms with E-state index in [0.717, 1.165) is 29.7 Å². The lowest BCUT2D eigenvalue weighted by Crippen LogP contribution is -2.40. The fourth-order valence-corrected chi connectivity index (χ4v) is 2.81. The third-order valence-corrected chi connectivity index (χ3v) is 4.59. The van der Waals surface area contributed by atoms with E-state index >= 15 is 0 Å². The van der Waals surface area contributed by atoms with E-state index in [9.17, 15) is 0 Å². The minimum absolute atomic E-state index is 0.266. The summed E-state index contributed by atoms with van der Waals surface area (Å²) in [6.45, 7) is 2.15. The van der Waals surface area contributed by atoms with Crippen molar-refractivity contribution in [3.8, 4) is 5.75 Å². The molecule has 1 N–H and O–H groups in total. The van der Waals surface area contributed by atoms with Crippen molar-refractivity contribution in [3.63, 3.8) is 0 Å². The zero-order valence-electron chi connectivity index (χ0n) is 11.4. The minimum atomic E-state index is 0.266. The van der Waals surface area contributed by atoms with E-state index in [2.05, 4.69) is 26.9 Å². The topological polar surface area (TPSA) is 32.7 Å². The molecule has 4 heteroatoms. The molecule has 0 bridgehead atoms. The molecule has 1 aromatic rings. The van der Waals surface area contributed by atoms with E-state index in [4.69, 9.17) is 9.84 Å². The largest absolute Gasteiger partial charge is 0.497 e. The van der Waals surface area contributed by atoms with Crippen LogP contribution >= 0.6 is 15.9 Å². The van der Waals surface area contributed by atoms with Crippen molar-refractivity contribution in [2.24, 2.45) is 0 Å². The van der Waals surface area contributed by atoms with Crippen molar-refractivity contribution in [3.05, 3.63) is 28.2 Å². The van der Waals surface area contributed by atoms with Gasteiger partial charge in [0.1, 0.15) is 5.75 Å². The molecule has 0 amide bonds. The Hall–Kier alpha value is -0.580. The molecule has 3 nitrogen and oxygen atoms in total. The van der Waals surface area contributed by atoms with Crippen molar-refractivity contribution >= 4 is 15.9 Å². The van der Waals surface area contributed by atoms with E-state index in [1.807, 2.05) is 12.1 Å². The lowest BCUT2D eigenvalue weighted by molar-refractivity contribution is 0.109. The van der Waals surface area contributed by atoms with Gasteiger partial charge in [0.15, 0.2) is 0 Å². The Balaban J connectivity index is 2.06. The molecule has 1 fully saturated rings. The molecule has 0 saturated heterocycles. The van der Waals surface area contributed by atoms with E-state index < -0.39 is 0 Å². The second-order valence-electron chi connectivity index (χ2n) is 5.09. The first-order valence-corrected chi connectivity index (χ1v) is 7.71. The Labute approximate surface area is 123 Å². The minimum Gasteiger partial charge on any atom is -0.497 e. The van der Waals surface area contributed by atoms with Crippen LogP contribution in [0.2, 0.25) is 0 Å². The molecule has 0 spiro atoms. The van der Waals surface area contributed by atoms with Crippen LogP contribution in [0.1, 0.15) is 31.2 Å². The number of aliphatic hydroxyl groups excluding tert-OH is 1. The lowest BCUT2D eigenvalue weighted by Gasteiger charge is -2.37. The smallest absolute Gasteiger partial charge is 0.119 e. The van der Waals surface area contributed by atoms with Crippen LogP contribution in [0.15, 0.2) is 22.7 Å². The molecule has 0 atom stereocenters.